The molecule has 130 valence electrons. The van der Waals surface area contributed by atoms with Crippen molar-refractivity contribution < 1.29 is 0 Å². The van der Waals surface area contributed by atoms with Gasteiger partial charge in [-0.25, -0.2) is 4.98 Å². The molecule has 5 heterocycles. The molecule has 0 atom stereocenters. The van der Waals surface area contributed by atoms with Gasteiger partial charge in [-0.15, -0.1) is 5.10 Å². The van der Waals surface area contributed by atoms with Crippen molar-refractivity contribution in [1.82, 2.24) is 34.1 Å². The van der Waals surface area contributed by atoms with Crippen molar-refractivity contribution >= 4 is 16.7 Å². The molecule has 0 aromatic carbocycles. The summed E-state index contributed by atoms with van der Waals surface area (Å²) in [6.07, 6.45) is 10.1. The number of aromatic nitrogens is 7. The van der Waals surface area contributed by atoms with Gasteiger partial charge in [-0.1, -0.05) is 6.07 Å². The SMILES string of the molecule is O=c1c2cnc3nc(-c4ccncc4)nn3c2ccn1Cc1cccnc1. The second kappa shape index (κ2) is 6.10. The first-order valence-electron chi connectivity index (χ1n) is 8.34. The van der Waals surface area contributed by atoms with Crippen LogP contribution in [0.3, 0.4) is 0 Å². The van der Waals surface area contributed by atoms with Gasteiger partial charge < -0.3 is 4.57 Å². The van der Waals surface area contributed by atoms with Crippen LogP contribution in [-0.2, 0) is 6.54 Å². The fraction of sp³-hybridized carbons (Fsp3) is 0.0526. The molecule has 0 aliphatic rings. The first-order valence-corrected chi connectivity index (χ1v) is 8.34. The van der Waals surface area contributed by atoms with Crippen molar-refractivity contribution in [2.75, 3.05) is 0 Å². The van der Waals surface area contributed by atoms with Crippen LogP contribution in [-0.4, -0.2) is 34.1 Å². The van der Waals surface area contributed by atoms with Gasteiger partial charge in [-0.3, -0.25) is 14.8 Å². The highest BCUT2D eigenvalue weighted by molar-refractivity contribution is 5.79. The average Bonchev–Trinajstić information content (AvgIpc) is 3.16. The zero-order chi connectivity index (χ0) is 18.2. The second-order valence-corrected chi connectivity index (χ2v) is 6.05. The monoisotopic (exact) mass is 355 g/mol. The molecule has 0 radical (unpaired) electrons. The van der Waals surface area contributed by atoms with Gasteiger partial charge in [-0.05, 0) is 29.8 Å². The van der Waals surface area contributed by atoms with E-state index in [-0.39, 0.29) is 5.56 Å². The van der Waals surface area contributed by atoms with Gasteiger partial charge in [0.1, 0.15) is 0 Å². The number of nitrogens with zero attached hydrogens (tertiary/aromatic N) is 7. The molecule has 8 nitrogen and oxygen atoms in total. The molecule has 5 aromatic rings. The molecule has 0 saturated heterocycles. The van der Waals surface area contributed by atoms with E-state index in [1.54, 1.807) is 46.3 Å². The van der Waals surface area contributed by atoms with Crippen LogP contribution in [0.5, 0.6) is 0 Å². The molecule has 27 heavy (non-hydrogen) atoms. The Balaban J connectivity index is 1.65. The Morgan fingerprint density at radius 2 is 1.85 bits per heavy atom. The van der Waals surface area contributed by atoms with Crippen molar-refractivity contribution in [1.29, 1.82) is 0 Å². The molecule has 0 N–H and O–H groups in total. The molecule has 5 rings (SSSR count). The van der Waals surface area contributed by atoms with Gasteiger partial charge in [0.25, 0.3) is 11.3 Å². The third kappa shape index (κ3) is 2.63. The highest BCUT2D eigenvalue weighted by atomic mass is 16.1. The summed E-state index contributed by atoms with van der Waals surface area (Å²) in [6.45, 7) is 0.445. The fourth-order valence-electron chi connectivity index (χ4n) is 3.00. The summed E-state index contributed by atoms with van der Waals surface area (Å²) in [7, 11) is 0. The number of fused-ring (bicyclic) bond motifs is 3. The van der Waals surface area contributed by atoms with Crippen molar-refractivity contribution in [3.63, 3.8) is 0 Å². The summed E-state index contributed by atoms with van der Waals surface area (Å²) in [5.41, 5.74) is 2.33. The summed E-state index contributed by atoms with van der Waals surface area (Å²) in [6, 6.07) is 9.30. The van der Waals surface area contributed by atoms with Crippen LogP contribution in [0.4, 0.5) is 0 Å². The van der Waals surface area contributed by atoms with Gasteiger partial charge in [0.05, 0.1) is 17.4 Å². The van der Waals surface area contributed by atoms with Crippen molar-refractivity contribution in [2.24, 2.45) is 0 Å². The Morgan fingerprint density at radius 1 is 0.963 bits per heavy atom. The normalized spacial score (nSPS) is 11.3. The lowest BCUT2D eigenvalue weighted by Gasteiger charge is -2.07. The molecule has 0 fully saturated rings. The maximum atomic E-state index is 12.9. The second-order valence-electron chi connectivity index (χ2n) is 6.05. The Labute approximate surface area is 152 Å². The minimum atomic E-state index is -0.133. The summed E-state index contributed by atoms with van der Waals surface area (Å²) in [5.74, 6) is 0.982. The Morgan fingerprint density at radius 3 is 2.67 bits per heavy atom. The highest BCUT2D eigenvalue weighted by Crippen LogP contribution is 2.17. The first kappa shape index (κ1) is 15.3. The summed E-state index contributed by atoms with van der Waals surface area (Å²) >= 11 is 0. The standard InChI is InChI=1S/C19H13N7O/c27-18-15-11-22-19-23-17(14-3-7-20-8-4-14)24-26(19)16(15)5-9-25(18)12-13-2-1-6-21-10-13/h1-11H,12H2. The van der Waals surface area contributed by atoms with Gasteiger partial charge in [-0.2, -0.15) is 9.50 Å². The van der Waals surface area contributed by atoms with E-state index in [0.29, 0.717) is 29.0 Å². The predicted octanol–water partition coefficient (Wildman–Crippen LogP) is 1.94. The van der Waals surface area contributed by atoms with Crippen LogP contribution in [0.25, 0.3) is 28.1 Å². The minimum absolute atomic E-state index is 0.133. The van der Waals surface area contributed by atoms with E-state index in [1.807, 2.05) is 30.3 Å². The van der Waals surface area contributed by atoms with Gasteiger partial charge in [0, 0.05) is 42.7 Å². The van der Waals surface area contributed by atoms with Crippen LogP contribution in [0.15, 0.2) is 72.3 Å². The van der Waals surface area contributed by atoms with Crippen molar-refractivity contribution in [3.05, 3.63) is 83.4 Å². The Kier molecular flexibility index (Phi) is 3.46. The minimum Gasteiger partial charge on any atom is -0.310 e. The molecule has 8 heteroatoms. The lowest BCUT2D eigenvalue weighted by atomic mass is 10.2. The summed E-state index contributed by atoms with van der Waals surface area (Å²) in [5, 5.41) is 5.01. The molecule has 0 unspecified atom stereocenters. The molecule has 0 aliphatic heterocycles. The maximum absolute atomic E-state index is 12.9. The smallest absolute Gasteiger partial charge is 0.261 e. The Hall–Kier alpha value is -3.94. The zero-order valence-electron chi connectivity index (χ0n) is 14.1. The van der Waals surface area contributed by atoms with E-state index in [1.165, 1.54) is 0 Å². The van der Waals surface area contributed by atoms with Crippen LogP contribution >= 0.6 is 0 Å². The largest absolute Gasteiger partial charge is 0.310 e. The molecule has 0 bridgehead atoms. The lowest BCUT2D eigenvalue weighted by Crippen LogP contribution is -2.21. The molecule has 0 spiro atoms. The predicted molar refractivity (Wildman–Crippen MR) is 99.1 cm³/mol. The van der Waals surface area contributed by atoms with E-state index < -0.39 is 0 Å². The first-order chi connectivity index (χ1) is 13.3. The Bertz CT molecular complexity index is 1310. The molecular formula is C19H13N7O. The fourth-order valence-corrected chi connectivity index (χ4v) is 3.00. The van der Waals surface area contributed by atoms with Crippen LogP contribution in [0.2, 0.25) is 0 Å². The highest BCUT2D eigenvalue weighted by Gasteiger charge is 2.12. The van der Waals surface area contributed by atoms with E-state index >= 15 is 0 Å². The van der Waals surface area contributed by atoms with Gasteiger partial charge in [0.2, 0.25) is 0 Å². The van der Waals surface area contributed by atoms with Gasteiger partial charge in [0.15, 0.2) is 5.82 Å². The topological polar surface area (TPSA) is 90.9 Å². The lowest BCUT2D eigenvalue weighted by molar-refractivity contribution is 0.762. The van der Waals surface area contributed by atoms with E-state index in [2.05, 4.69) is 25.0 Å². The van der Waals surface area contributed by atoms with E-state index in [9.17, 15) is 4.79 Å². The van der Waals surface area contributed by atoms with Crippen molar-refractivity contribution in [2.45, 2.75) is 6.54 Å². The molecular weight excluding hydrogens is 342 g/mol. The number of hydrogen-bond donors (Lipinski definition) is 0. The third-order valence-electron chi connectivity index (χ3n) is 4.32. The van der Waals surface area contributed by atoms with Crippen LogP contribution < -0.4 is 5.56 Å². The number of pyridine rings is 3. The molecule has 0 saturated carbocycles. The maximum Gasteiger partial charge on any atom is 0.261 e. The number of rotatable bonds is 3. The quantitative estimate of drug-likeness (QED) is 0.491. The van der Waals surface area contributed by atoms with Crippen molar-refractivity contribution in [3.8, 4) is 11.4 Å². The molecule has 5 aromatic heterocycles. The third-order valence-corrected chi connectivity index (χ3v) is 4.32. The van der Waals surface area contributed by atoms with E-state index in [0.717, 1.165) is 11.1 Å². The molecule has 0 aliphatic carbocycles. The van der Waals surface area contributed by atoms with E-state index in [4.69, 9.17) is 0 Å². The average molecular weight is 355 g/mol. The molecule has 0 amide bonds. The van der Waals surface area contributed by atoms with Crippen LogP contribution in [0, 0.1) is 0 Å². The van der Waals surface area contributed by atoms with Crippen LogP contribution in [0.1, 0.15) is 5.56 Å². The zero-order valence-corrected chi connectivity index (χ0v) is 14.1. The summed E-state index contributed by atoms with van der Waals surface area (Å²) in [4.78, 5) is 29.7. The number of hydrogen-bond acceptors (Lipinski definition) is 6. The van der Waals surface area contributed by atoms with Gasteiger partial charge >= 0.3 is 0 Å². The summed E-state index contributed by atoms with van der Waals surface area (Å²) < 4.78 is 3.23.